The molecule has 4 heteroatoms. The lowest BCUT2D eigenvalue weighted by Gasteiger charge is -2.17. The van der Waals surface area contributed by atoms with Crippen molar-refractivity contribution < 1.29 is 0 Å². The van der Waals surface area contributed by atoms with E-state index in [1.165, 1.54) is 37.1 Å². The molecule has 0 aromatic carbocycles. The number of fused-ring (bicyclic) bond motifs is 1. The zero-order chi connectivity index (χ0) is 11.8. The van der Waals surface area contributed by atoms with Crippen LogP contribution in [-0.2, 0) is 6.54 Å². The number of aromatic nitrogens is 2. The molecule has 0 radical (unpaired) electrons. The summed E-state index contributed by atoms with van der Waals surface area (Å²) in [6.07, 6.45) is 4.69. The van der Waals surface area contributed by atoms with Gasteiger partial charge < -0.3 is 15.0 Å². The Hall–Kier alpha value is -1.55. The van der Waals surface area contributed by atoms with E-state index in [1.807, 2.05) is 6.92 Å². The average molecular weight is 230 g/mol. The van der Waals surface area contributed by atoms with Gasteiger partial charge in [-0.25, -0.2) is 4.98 Å². The molecule has 0 unspecified atom stereocenters. The van der Waals surface area contributed by atoms with Gasteiger partial charge in [0.25, 0.3) is 0 Å². The fourth-order valence-electron chi connectivity index (χ4n) is 2.61. The van der Waals surface area contributed by atoms with Crippen LogP contribution in [0, 0.1) is 6.92 Å². The highest BCUT2D eigenvalue weighted by Gasteiger charge is 2.14. The molecule has 0 bridgehead atoms. The van der Waals surface area contributed by atoms with Crippen molar-refractivity contribution in [1.82, 2.24) is 9.38 Å². The van der Waals surface area contributed by atoms with Crippen molar-refractivity contribution in [1.29, 1.82) is 0 Å². The van der Waals surface area contributed by atoms with Gasteiger partial charge in [-0.1, -0.05) is 0 Å². The standard InChI is InChI=1S/C13H18N4/c1-10-12-8-11(16-5-2-3-6-16)4-7-17(12)13(9-14)15-10/h4,7-8H,2-3,5-6,9,14H2,1H3. The summed E-state index contributed by atoms with van der Waals surface area (Å²) >= 11 is 0. The Morgan fingerprint density at radius 3 is 2.82 bits per heavy atom. The molecule has 1 fully saturated rings. The maximum absolute atomic E-state index is 5.70. The first-order valence-corrected chi connectivity index (χ1v) is 6.22. The van der Waals surface area contributed by atoms with E-state index in [0.29, 0.717) is 6.54 Å². The summed E-state index contributed by atoms with van der Waals surface area (Å²) in [5.41, 5.74) is 9.24. The van der Waals surface area contributed by atoms with Gasteiger partial charge in [0, 0.05) is 25.0 Å². The van der Waals surface area contributed by atoms with Crippen molar-refractivity contribution in [2.75, 3.05) is 18.0 Å². The van der Waals surface area contributed by atoms with Gasteiger partial charge in [0.05, 0.1) is 17.8 Å². The van der Waals surface area contributed by atoms with Gasteiger partial charge in [-0.2, -0.15) is 0 Å². The van der Waals surface area contributed by atoms with Gasteiger partial charge in [-0.15, -0.1) is 0 Å². The fraction of sp³-hybridized carbons (Fsp3) is 0.462. The van der Waals surface area contributed by atoms with Gasteiger partial charge in [0.1, 0.15) is 5.82 Å². The Bertz CT molecular complexity index is 538. The lowest BCUT2D eigenvalue weighted by atomic mass is 10.3. The molecule has 0 amide bonds. The smallest absolute Gasteiger partial charge is 0.127 e. The second-order valence-electron chi connectivity index (χ2n) is 4.65. The predicted molar refractivity (Wildman–Crippen MR) is 69.3 cm³/mol. The third-order valence-corrected chi connectivity index (χ3v) is 3.54. The summed E-state index contributed by atoms with van der Waals surface area (Å²) in [5.74, 6) is 0.936. The molecule has 2 N–H and O–H groups in total. The monoisotopic (exact) mass is 230 g/mol. The number of nitrogens with zero attached hydrogens (tertiary/aromatic N) is 3. The van der Waals surface area contributed by atoms with Crippen LogP contribution in [0.2, 0.25) is 0 Å². The summed E-state index contributed by atoms with van der Waals surface area (Å²) in [6, 6.07) is 4.39. The largest absolute Gasteiger partial charge is 0.371 e. The van der Waals surface area contributed by atoms with Crippen LogP contribution in [0.3, 0.4) is 0 Å². The Morgan fingerprint density at radius 1 is 1.35 bits per heavy atom. The van der Waals surface area contributed by atoms with Gasteiger partial charge in [-0.3, -0.25) is 0 Å². The van der Waals surface area contributed by atoms with Crippen LogP contribution < -0.4 is 10.6 Å². The van der Waals surface area contributed by atoms with Crippen LogP contribution in [0.15, 0.2) is 18.3 Å². The van der Waals surface area contributed by atoms with E-state index in [-0.39, 0.29) is 0 Å². The molecular weight excluding hydrogens is 212 g/mol. The van der Waals surface area contributed by atoms with E-state index in [2.05, 4.69) is 32.6 Å². The Labute approximate surface area is 101 Å². The van der Waals surface area contributed by atoms with Crippen LogP contribution in [0.5, 0.6) is 0 Å². The lowest BCUT2D eigenvalue weighted by molar-refractivity contribution is 0.896. The minimum Gasteiger partial charge on any atom is -0.371 e. The molecule has 4 nitrogen and oxygen atoms in total. The first-order valence-electron chi connectivity index (χ1n) is 6.22. The van der Waals surface area contributed by atoms with Gasteiger partial charge >= 0.3 is 0 Å². The minimum atomic E-state index is 0.484. The van der Waals surface area contributed by atoms with E-state index in [0.717, 1.165) is 11.5 Å². The van der Waals surface area contributed by atoms with Crippen LogP contribution >= 0.6 is 0 Å². The second kappa shape index (κ2) is 4.04. The maximum atomic E-state index is 5.70. The Balaban J connectivity index is 2.09. The number of imidazole rings is 1. The van der Waals surface area contributed by atoms with Gasteiger partial charge in [0.15, 0.2) is 0 Å². The van der Waals surface area contributed by atoms with E-state index in [1.54, 1.807) is 0 Å². The second-order valence-corrected chi connectivity index (χ2v) is 4.65. The van der Waals surface area contributed by atoms with E-state index >= 15 is 0 Å². The molecule has 0 atom stereocenters. The third kappa shape index (κ3) is 1.69. The molecule has 1 aliphatic heterocycles. The summed E-state index contributed by atoms with van der Waals surface area (Å²) in [6.45, 7) is 4.88. The van der Waals surface area contributed by atoms with E-state index in [4.69, 9.17) is 5.73 Å². The average Bonchev–Trinajstić information content (AvgIpc) is 2.97. The van der Waals surface area contributed by atoms with Crippen molar-refractivity contribution >= 4 is 11.2 Å². The van der Waals surface area contributed by atoms with Gasteiger partial charge in [0.2, 0.25) is 0 Å². The number of hydrogen-bond acceptors (Lipinski definition) is 3. The maximum Gasteiger partial charge on any atom is 0.127 e. The third-order valence-electron chi connectivity index (χ3n) is 3.54. The zero-order valence-corrected chi connectivity index (χ0v) is 10.2. The van der Waals surface area contributed by atoms with Crippen LogP contribution in [0.4, 0.5) is 5.69 Å². The molecule has 90 valence electrons. The first-order chi connectivity index (χ1) is 8.29. The summed E-state index contributed by atoms with van der Waals surface area (Å²) < 4.78 is 2.09. The van der Waals surface area contributed by atoms with E-state index in [9.17, 15) is 0 Å². The number of pyridine rings is 1. The topological polar surface area (TPSA) is 46.6 Å². The number of aryl methyl sites for hydroxylation is 1. The quantitative estimate of drug-likeness (QED) is 0.854. The van der Waals surface area contributed by atoms with Crippen molar-refractivity contribution in [3.63, 3.8) is 0 Å². The highest BCUT2D eigenvalue weighted by Crippen LogP contribution is 2.23. The molecule has 0 aliphatic carbocycles. The minimum absolute atomic E-state index is 0.484. The summed E-state index contributed by atoms with van der Waals surface area (Å²) in [5, 5.41) is 0. The van der Waals surface area contributed by atoms with Crippen LogP contribution in [0.25, 0.3) is 5.52 Å². The van der Waals surface area contributed by atoms with Crippen molar-refractivity contribution in [2.24, 2.45) is 5.73 Å². The lowest BCUT2D eigenvalue weighted by Crippen LogP contribution is -2.17. The molecule has 2 aromatic rings. The predicted octanol–water partition coefficient (Wildman–Crippen LogP) is 1.70. The Morgan fingerprint density at radius 2 is 2.12 bits per heavy atom. The van der Waals surface area contributed by atoms with Gasteiger partial charge in [-0.05, 0) is 31.9 Å². The fourth-order valence-corrected chi connectivity index (χ4v) is 2.61. The highest BCUT2D eigenvalue weighted by molar-refractivity contribution is 5.63. The van der Waals surface area contributed by atoms with Crippen molar-refractivity contribution in [2.45, 2.75) is 26.3 Å². The first kappa shape index (κ1) is 10.6. The van der Waals surface area contributed by atoms with Crippen LogP contribution in [0.1, 0.15) is 24.4 Å². The highest BCUT2D eigenvalue weighted by atomic mass is 15.1. The van der Waals surface area contributed by atoms with Crippen LogP contribution in [-0.4, -0.2) is 22.5 Å². The molecule has 1 aliphatic rings. The molecule has 3 heterocycles. The van der Waals surface area contributed by atoms with E-state index < -0.39 is 0 Å². The molecule has 0 spiro atoms. The number of rotatable bonds is 2. The SMILES string of the molecule is Cc1nc(CN)n2ccc(N3CCCC3)cc12. The molecule has 3 rings (SSSR count). The summed E-state index contributed by atoms with van der Waals surface area (Å²) in [4.78, 5) is 6.93. The molecule has 17 heavy (non-hydrogen) atoms. The number of anilines is 1. The van der Waals surface area contributed by atoms with Crippen molar-refractivity contribution in [3.8, 4) is 0 Å². The summed E-state index contributed by atoms with van der Waals surface area (Å²) in [7, 11) is 0. The Kier molecular flexibility index (Phi) is 2.52. The molecule has 0 saturated carbocycles. The molecular formula is C13H18N4. The molecule has 2 aromatic heterocycles. The normalized spacial score (nSPS) is 16.0. The zero-order valence-electron chi connectivity index (χ0n) is 10.2. The number of nitrogens with two attached hydrogens (primary N) is 1. The number of hydrogen-bond donors (Lipinski definition) is 1. The molecule has 1 saturated heterocycles. The van der Waals surface area contributed by atoms with Crippen molar-refractivity contribution in [3.05, 3.63) is 29.8 Å².